The van der Waals surface area contributed by atoms with E-state index in [1.54, 1.807) is 23.1 Å². The smallest absolute Gasteiger partial charge is 0.270 e. The average Bonchev–Trinajstić information content (AvgIpc) is 3.37. The second-order valence-corrected chi connectivity index (χ2v) is 9.93. The number of thioether (sulfide) groups is 1. The highest BCUT2D eigenvalue weighted by atomic mass is 35.5. The first-order chi connectivity index (χ1) is 15.0. The van der Waals surface area contributed by atoms with Crippen LogP contribution in [0, 0.1) is 0 Å². The molecule has 2 saturated heterocycles. The normalized spacial score (nSPS) is 18.4. The van der Waals surface area contributed by atoms with E-state index < -0.39 is 0 Å². The third kappa shape index (κ3) is 5.62. The van der Waals surface area contributed by atoms with Gasteiger partial charge in [-0.2, -0.15) is 0 Å². The summed E-state index contributed by atoms with van der Waals surface area (Å²) in [4.78, 5) is 17.5. The molecule has 0 bridgehead atoms. The van der Waals surface area contributed by atoms with Crippen molar-refractivity contribution in [2.24, 2.45) is 0 Å². The monoisotopic (exact) mass is 492 g/mol. The molecule has 0 aromatic heterocycles. The number of amides is 1. The van der Waals surface area contributed by atoms with Gasteiger partial charge in [0.1, 0.15) is 5.75 Å². The molecule has 0 spiro atoms. The minimum absolute atomic E-state index is 0.152. The van der Waals surface area contributed by atoms with E-state index in [0.717, 1.165) is 30.0 Å². The molecule has 0 aliphatic carbocycles. The molecule has 31 heavy (non-hydrogen) atoms. The molecule has 2 aromatic rings. The molecule has 4 nitrogen and oxygen atoms in total. The third-order valence-electron chi connectivity index (χ3n) is 5.22. The zero-order valence-corrected chi connectivity index (χ0v) is 20.0. The van der Waals surface area contributed by atoms with Crippen LogP contribution in [-0.2, 0) is 4.79 Å². The van der Waals surface area contributed by atoms with Crippen molar-refractivity contribution < 1.29 is 9.53 Å². The van der Waals surface area contributed by atoms with Gasteiger partial charge >= 0.3 is 0 Å². The Hall–Kier alpha value is -1.57. The number of nitrogens with zero attached hydrogens (tertiary/aromatic N) is 2. The molecule has 0 unspecified atom stereocenters. The van der Waals surface area contributed by atoms with E-state index in [2.05, 4.69) is 4.90 Å². The lowest BCUT2D eigenvalue weighted by Gasteiger charge is -2.16. The molecule has 0 N–H and O–H groups in total. The Morgan fingerprint density at radius 3 is 2.52 bits per heavy atom. The summed E-state index contributed by atoms with van der Waals surface area (Å²) in [5, 5.41) is 0.923. The summed E-state index contributed by atoms with van der Waals surface area (Å²) < 4.78 is 6.35. The minimum atomic E-state index is -0.152. The molecule has 2 aliphatic heterocycles. The number of benzene rings is 2. The topological polar surface area (TPSA) is 32.8 Å². The third-order valence-corrected chi connectivity index (χ3v) is 7.26. The van der Waals surface area contributed by atoms with Crippen LogP contribution in [0.2, 0.25) is 10.0 Å². The van der Waals surface area contributed by atoms with E-state index in [-0.39, 0.29) is 5.91 Å². The largest absolute Gasteiger partial charge is 0.494 e. The van der Waals surface area contributed by atoms with E-state index >= 15 is 0 Å². The molecular weight excluding hydrogens is 471 g/mol. The number of hydrogen-bond acceptors (Lipinski definition) is 5. The Morgan fingerprint density at radius 1 is 1.06 bits per heavy atom. The molecule has 0 saturated carbocycles. The van der Waals surface area contributed by atoms with E-state index in [1.165, 1.54) is 37.7 Å². The van der Waals surface area contributed by atoms with Gasteiger partial charge in [-0.15, -0.1) is 0 Å². The molecule has 2 aromatic carbocycles. The van der Waals surface area contributed by atoms with Crippen LogP contribution in [-0.4, -0.2) is 41.4 Å². The fourth-order valence-electron chi connectivity index (χ4n) is 3.62. The Balaban J connectivity index is 1.37. The summed E-state index contributed by atoms with van der Waals surface area (Å²) in [6.45, 7) is 4.18. The minimum Gasteiger partial charge on any atom is -0.494 e. The maximum atomic E-state index is 12.9. The molecule has 162 valence electrons. The Kier molecular flexibility index (Phi) is 7.56. The molecule has 8 heteroatoms. The van der Waals surface area contributed by atoms with E-state index in [4.69, 9.17) is 40.2 Å². The fraction of sp³-hybridized carbons (Fsp3) is 0.304. The van der Waals surface area contributed by atoms with Gasteiger partial charge < -0.3 is 9.64 Å². The standard InChI is InChI=1S/C23H22Cl2N2O2S2/c24-19-9-4-16(14-20(19)25)15-21-22(28)27(23(30)31-21)17-5-7-18(8-6-17)29-13-3-12-26-10-1-2-11-26/h4-9,14-15H,1-3,10-13H2. The summed E-state index contributed by atoms with van der Waals surface area (Å²) in [6.07, 6.45) is 5.40. The van der Waals surface area contributed by atoms with Gasteiger partial charge in [0.15, 0.2) is 4.32 Å². The van der Waals surface area contributed by atoms with Crippen LogP contribution in [0.1, 0.15) is 24.8 Å². The van der Waals surface area contributed by atoms with Gasteiger partial charge in [0.05, 0.1) is 27.2 Å². The predicted octanol–water partition coefficient (Wildman–Crippen LogP) is 6.26. The molecule has 2 fully saturated rings. The highest BCUT2D eigenvalue weighted by Gasteiger charge is 2.33. The molecule has 2 aliphatic rings. The van der Waals surface area contributed by atoms with Crippen LogP contribution in [0.15, 0.2) is 47.4 Å². The highest BCUT2D eigenvalue weighted by Crippen LogP contribution is 2.37. The Bertz CT molecular complexity index is 1010. The highest BCUT2D eigenvalue weighted by molar-refractivity contribution is 8.27. The molecule has 0 atom stereocenters. The Labute approximate surface area is 202 Å². The number of likely N-dealkylation sites (tertiary alicyclic amines) is 1. The number of carbonyl (C=O) groups is 1. The molecule has 0 radical (unpaired) electrons. The van der Waals surface area contributed by atoms with Crippen LogP contribution in [0.25, 0.3) is 6.08 Å². The van der Waals surface area contributed by atoms with E-state index in [0.29, 0.717) is 25.9 Å². The fourth-order valence-corrected chi connectivity index (χ4v) is 5.23. The van der Waals surface area contributed by atoms with Crippen LogP contribution >= 0.6 is 47.2 Å². The van der Waals surface area contributed by atoms with Gasteiger partial charge in [-0.05, 0) is 80.4 Å². The van der Waals surface area contributed by atoms with Crippen LogP contribution in [0.5, 0.6) is 5.75 Å². The maximum Gasteiger partial charge on any atom is 0.270 e. The van der Waals surface area contributed by atoms with Crippen molar-refractivity contribution in [2.75, 3.05) is 31.1 Å². The number of halogens is 2. The lowest BCUT2D eigenvalue weighted by molar-refractivity contribution is -0.113. The van der Waals surface area contributed by atoms with Crippen LogP contribution in [0.4, 0.5) is 5.69 Å². The Morgan fingerprint density at radius 2 is 1.81 bits per heavy atom. The van der Waals surface area contributed by atoms with Crippen molar-refractivity contribution >= 4 is 69.2 Å². The molecule has 4 rings (SSSR count). The summed E-state index contributed by atoms with van der Waals surface area (Å²) in [7, 11) is 0. The van der Waals surface area contributed by atoms with Crippen molar-refractivity contribution in [2.45, 2.75) is 19.3 Å². The van der Waals surface area contributed by atoms with Crippen LogP contribution in [0.3, 0.4) is 0 Å². The summed E-state index contributed by atoms with van der Waals surface area (Å²) in [5.74, 6) is 0.641. The predicted molar refractivity (Wildman–Crippen MR) is 134 cm³/mol. The first-order valence-corrected chi connectivity index (χ1v) is 12.2. The lowest BCUT2D eigenvalue weighted by atomic mass is 10.2. The SMILES string of the molecule is O=C1C(=Cc2ccc(Cl)c(Cl)c2)SC(=S)N1c1ccc(OCCCN2CCCC2)cc1. The number of rotatable bonds is 7. The van der Waals surface area contributed by atoms with Crippen molar-refractivity contribution in [3.8, 4) is 5.75 Å². The first-order valence-electron chi connectivity index (χ1n) is 10.2. The number of hydrogen-bond donors (Lipinski definition) is 0. The van der Waals surface area contributed by atoms with Crippen molar-refractivity contribution in [1.29, 1.82) is 0 Å². The molecular formula is C23H22Cl2N2O2S2. The number of anilines is 1. The van der Waals surface area contributed by atoms with Gasteiger partial charge in [0.2, 0.25) is 0 Å². The quantitative estimate of drug-likeness (QED) is 0.258. The zero-order chi connectivity index (χ0) is 21.8. The van der Waals surface area contributed by atoms with Gasteiger partial charge in [-0.3, -0.25) is 9.69 Å². The zero-order valence-electron chi connectivity index (χ0n) is 16.9. The maximum absolute atomic E-state index is 12.9. The van der Waals surface area contributed by atoms with Crippen molar-refractivity contribution in [3.05, 3.63) is 63.0 Å². The first kappa shape index (κ1) is 22.6. The summed E-state index contributed by atoms with van der Waals surface area (Å²) in [6, 6.07) is 12.7. The van der Waals surface area contributed by atoms with Gasteiger partial charge in [0, 0.05) is 6.54 Å². The van der Waals surface area contributed by atoms with Gasteiger partial charge in [0.25, 0.3) is 5.91 Å². The van der Waals surface area contributed by atoms with Crippen molar-refractivity contribution in [1.82, 2.24) is 4.90 Å². The van der Waals surface area contributed by atoms with Gasteiger partial charge in [-0.25, -0.2) is 0 Å². The summed E-state index contributed by atoms with van der Waals surface area (Å²) in [5.41, 5.74) is 1.53. The molecule has 1 amide bonds. The number of carbonyl (C=O) groups excluding carboxylic acids is 1. The van der Waals surface area contributed by atoms with Gasteiger partial charge in [-0.1, -0.05) is 53.2 Å². The number of ether oxygens (including phenoxy) is 1. The number of thiocarbonyl (C=S) groups is 1. The summed E-state index contributed by atoms with van der Waals surface area (Å²) >= 11 is 18.8. The molecule has 2 heterocycles. The van der Waals surface area contributed by atoms with Crippen LogP contribution < -0.4 is 9.64 Å². The van der Waals surface area contributed by atoms with Crippen molar-refractivity contribution in [3.63, 3.8) is 0 Å². The average molecular weight is 493 g/mol. The second kappa shape index (κ2) is 10.4. The second-order valence-electron chi connectivity index (χ2n) is 7.44. The van der Waals surface area contributed by atoms with E-state index in [9.17, 15) is 4.79 Å². The lowest BCUT2D eigenvalue weighted by Crippen LogP contribution is -2.27. The van der Waals surface area contributed by atoms with E-state index in [1.807, 2.05) is 30.3 Å².